The first-order chi connectivity index (χ1) is 10.1. The molecule has 124 valence electrons. The lowest BCUT2D eigenvalue weighted by atomic mass is 9.86. The van der Waals surface area contributed by atoms with Gasteiger partial charge in [-0.3, -0.25) is 0 Å². The van der Waals surface area contributed by atoms with Gasteiger partial charge in [0.1, 0.15) is 4.90 Å². The fraction of sp³-hybridized carbons (Fsp3) is 0.538. The second-order valence-corrected chi connectivity index (χ2v) is 7.81. The van der Waals surface area contributed by atoms with Crippen LogP contribution in [0.2, 0.25) is 10.0 Å². The number of alkyl halides is 3. The lowest BCUT2D eigenvalue weighted by molar-refractivity contribution is -0.182. The second kappa shape index (κ2) is 6.55. The van der Waals surface area contributed by atoms with Gasteiger partial charge < -0.3 is 0 Å². The van der Waals surface area contributed by atoms with Crippen molar-refractivity contribution in [1.29, 1.82) is 0 Å². The summed E-state index contributed by atoms with van der Waals surface area (Å²) in [6.07, 6.45) is -4.11. The minimum atomic E-state index is -4.22. The molecule has 0 bridgehead atoms. The first-order valence-electron chi connectivity index (χ1n) is 6.63. The Morgan fingerprint density at radius 2 is 1.68 bits per heavy atom. The fourth-order valence-corrected chi connectivity index (χ4v) is 4.57. The van der Waals surface area contributed by atoms with E-state index in [-0.39, 0.29) is 40.6 Å². The molecule has 3 nitrogen and oxygen atoms in total. The summed E-state index contributed by atoms with van der Waals surface area (Å²) in [4.78, 5) is -0.167. The lowest BCUT2D eigenvalue weighted by Gasteiger charge is -2.30. The number of sulfonamides is 1. The van der Waals surface area contributed by atoms with E-state index in [1.54, 1.807) is 0 Å². The van der Waals surface area contributed by atoms with Gasteiger partial charge in [-0.05, 0) is 43.9 Å². The van der Waals surface area contributed by atoms with Crippen molar-refractivity contribution in [3.8, 4) is 0 Å². The summed E-state index contributed by atoms with van der Waals surface area (Å²) >= 11 is 11.6. The van der Waals surface area contributed by atoms with Crippen LogP contribution in [0.25, 0.3) is 0 Å². The molecule has 0 unspecified atom stereocenters. The summed E-state index contributed by atoms with van der Waals surface area (Å²) in [6.45, 7) is 0. The third-order valence-corrected chi connectivity index (χ3v) is 5.93. The molecule has 0 atom stereocenters. The van der Waals surface area contributed by atoms with Gasteiger partial charge in [-0.25, -0.2) is 13.1 Å². The topological polar surface area (TPSA) is 46.2 Å². The Hall–Kier alpha value is -0.500. The third kappa shape index (κ3) is 4.28. The van der Waals surface area contributed by atoms with E-state index in [4.69, 9.17) is 23.2 Å². The smallest absolute Gasteiger partial charge is 0.208 e. The van der Waals surface area contributed by atoms with Gasteiger partial charge in [0, 0.05) is 11.1 Å². The van der Waals surface area contributed by atoms with E-state index in [2.05, 4.69) is 4.72 Å². The van der Waals surface area contributed by atoms with Crippen LogP contribution in [-0.2, 0) is 10.0 Å². The Bertz CT molecular complexity index is 641. The highest BCUT2D eigenvalue weighted by Crippen LogP contribution is 2.38. The summed E-state index contributed by atoms with van der Waals surface area (Å²) in [6, 6.07) is 3.50. The van der Waals surface area contributed by atoms with E-state index < -0.39 is 28.2 Å². The molecule has 0 amide bonds. The molecule has 0 spiro atoms. The van der Waals surface area contributed by atoms with Crippen LogP contribution in [0.4, 0.5) is 13.2 Å². The normalized spacial score (nSPS) is 23.5. The molecule has 1 aliphatic rings. The van der Waals surface area contributed by atoms with Crippen molar-refractivity contribution >= 4 is 33.2 Å². The molecule has 0 saturated heterocycles. The molecule has 1 saturated carbocycles. The van der Waals surface area contributed by atoms with Crippen LogP contribution >= 0.6 is 23.2 Å². The van der Waals surface area contributed by atoms with Gasteiger partial charge in [0.2, 0.25) is 10.0 Å². The Balaban J connectivity index is 2.06. The molecule has 0 radical (unpaired) electrons. The first kappa shape index (κ1) is 17.8. The van der Waals surface area contributed by atoms with Gasteiger partial charge in [0.25, 0.3) is 0 Å². The van der Waals surface area contributed by atoms with Crippen LogP contribution in [0, 0.1) is 5.92 Å². The quantitative estimate of drug-likeness (QED) is 0.851. The fourth-order valence-electron chi connectivity index (χ4n) is 2.50. The molecular formula is C13H14Cl2F3NO2S. The Kier molecular flexibility index (Phi) is 5.31. The number of halogens is 5. The Morgan fingerprint density at radius 3 is 2.23 bits per heavy atom. The predicted octanol–water partition coefficient (Wildman–Crippen LogP) is 4.39. The largest absolute Gasteiger partial charge is 0.391 e. The van der Waals surface area contributed by atoms with E-state index in [0.717, 1.165) is 0 Å². The molecule has 22 heavy (non-hydrogen) atoms. The van der Waals surface area contributed by atoms with Gasteiger partial charge in [-0.15, -0.1) is 0 Å². The van der Waals surface area contributed by atoms with E-state index >= 15 is 0 Å². The van der Waals surface area contributed by atoms with Crippen LogP contribution in [0.15, 0.2) is 23.1 Å². The summed E-state index contributed by atoms with van der Waals surface area (Å²) in [5.41, 5.74) is 0. The van der Waals surface area contributed by atoms with Crippen molar-refractivity contribution in [1.82, 2.24) is 4.72 Å². The van der Waals surface area contributed by atoms with Crippen LogP contribution in [0.5, 0.6) is 0 Å². The maximum Gasteiger partial charge on any atom is 0.391 e. The van der Waals surface area contributed by atoms with E-state index in [0.29, 0.717) is 0 Å². The minimum Gasteiger partial charge on any atom is -0.208 e. The zero-order valence-electron chi connectivity index (χ0n) is 11.3. The highest BCUT2D eigenvalue weighted by molar-refractivity contribution is 7.89. The van der Waals surface area contributed by atoms with Crippen molar-refractivity contribution in [2.75, 3.05) is 0 Å². The van der Waals surface area contributed by atoms with Gasteiger partial charge in [-0.2, -0.15) is 13.2 Å². The molecule has 0 heterocycles. The Morgan fingerprint density at radius 1 is 1.09 bits per heavy atom. The van der Waals surface area contributed by atoms with Crippen LogP contribution in [0.1, 0.15) is 25.7 Å². The molecule has 1 fully saturated rings. The third-order valence-electron chi connectivity index (χ3n) is 3.69. The zero-order valence-corrected chi connectivity index (χ0v) is 13.7. The first-order valence-corrected chi connectivity index (χ1v) is 8.87. The number of benzene rings is 1. The number of hydrogen-bond acceptors (Lipinski definition) is 2. The molecule has 2 rings (SSSR count). The lowest BCUT2D eigenvalue weighted by Crippen LogP contribution is -2.40. The van der Waals surface area contributed by atoms with E-state index in [1.165, 1.54) is 18.2 Å². The maximum atomic E-state index is 12.6. The van der Waals surface area contributed by atoms with Crippen molar-refractivity contribution in [3.05, 3.63) is 28.2 Å². The van der Waals surface area contributed by atoms with E-state index in [1.807, 2.05) is 0 Å². The van der Waals surface area contributed by atoms with Gasteiger partial charge in [0.05, 0.1) is 10.9 Å². The molecule has 0 aromatic heterocycles. The number of rotatable bonds is 3. The van der Waals surface area contributed by atoms with Gasteiger partial charge in [-0.1, -0.05) is 23.2 Å². The average molecular weight is 376 g/mol. The number of hydrogen-bond donors (Lipinski definition) is 1. The van der Waals surface area contributed by atoms with Gasteiger partial charge >= 0.3 is 6.18 Å². The zero-order chi connectivity index (χ0) is 16.5. The second-order valence-electron chi connectivity index (χ2n) is 5.29. The van der Waals surface area contributed by atoms with Crippen molar-refractivity contribution in [2.45, 2.75) is 42.8 Å². The monoisotopic (exact) mass is 375 g/mol. The molecular weight excluding hydrogens is 362 g/mol. The maximum absolute atomic E-state index is 12.6. The molecule has 1 aromatic carbocycles. The summed E-state index contributed by atoms with van der Waals surface area (Å²) in [5.74, 6) is -1.36. The summed E-state index contributed by atoms with van der Waals surface area (Å²) < 4.78 is 64.8. The molecule has 1 N–H and O–H groups in total. The van der Waals surface area contributed by atoms with Gasteiger partial charge in [0.15, 0.2) is 0 Å². The van der Waals surface area contributed by atoms with Crippen molar-refractivity contribution in [3.63, 3.8) is 0 Å². The van der Waals surface area contributed by atoms with Crippen molar-refractivity contribution < 1.29 is 21.6 Å². The molecule has 1 aliphatic carbocycles. The summed E-state index contributed by atoms with van der Waals surface area (Å²) in [7, 11) is -3.91. The molecule has 9 heteroatoms. The minimum absolute atomic E-state index is 0.0147. The Labute approximate surface area is 136 Å². The average Bonchev–Trinajstić information content (AvgIpc) is 2.40. The van der Waals surface area contributed by atoms with Crippen molar-refractivity contribution in [2.24, 2.45) is 5.92 Å². The molecule has 0 aliphatic heterocycles. The standard InChI is InChI=1S/C13H14Cl2F3NO2S/c14-9-3-6-11(15)12(7-9)22(20,21)19-10-4-1-8(2-5-10)13(16,17)18/h3,6-8,10,19H,1-2,4-5H2. The highest BCUT2D eigenvalue weighted by atomic mass is 35.5. The molecule has 1 aromatic rings. The SMILES string of the molecule is O=S(=O)(NC1CCC(C(F)(F)F)CC1)c1cc(Cl)ccc1Cl. The highest BCUT2D eigenvalue weighted by Gasteiger charge is 2.42. The van der Waals surface area contributed by atoms with Crippen LogP contribution in [-0.4, -0.2) is 20.6 Å². The van der Waals surface area contributed by atoms with Crippen LogP contribution < -0.4 is 4.72 Å². The number of nitrogens with one attached hydrogen (secondary N) is 1. The predicted molar refractivity (Wildman–Crippen MR) is 78.6 cm³/mol. The summed E-state index contributed by atoms with van der Waals surface area (Å²) in [5, 5.41) is 0.228. The van der Waals surface area contributed by atoms with E-state index in [9.17, 15) is 21.6 Å². The van der Waals surface area contributed by atoms with Crippen LogP contribution in [0.3, 0.4) is 0 Å².